The van der Waals surface area contributed by atoms with Crippen LogP contribution in [-0.2, 0) is 11.2 Å². The summed E-state index contributed by atoms with van der Waals surface area (Å²) < 4.78 is 8.63. The third-order valence-corrected chi connectivity index (χ3v) is 5.40. The average molecular weight is 445 g/mol. The van der Waals surface area contributed by atoms with E-state index in [2.05, 4.69) is 36.8 Å². The maximum Gasteiger partial charge on any atom is 0.164 e. The van der Waals surface area contributed by atoms with Crippen LogP contribution in [0.2, 0.25) is 0 Å². The summed E-state index contributed by atoms with van der Waals surface area (Å²) in [4.78, 5) is 8.97. The molecule has 2 N–H and O–H groups in total. The topological polar surface area (TPSA) is 140 Å². The lowest BCUT2D eigenvalue weighted by atomic mass is 10.0. The van der Waals surface area contributed by atoms with Crippen molar-refractivity contribution in [3.05, 3.63) is 48.2 Å². The van der Waals surface area contributed by atoms with E-state index in [4.69, 9.17) is 10.00 Å². The van der Waals surface area contributed by atoms with Gasteiger partial charge in [-0.3, -0.25) is 0 Å². The summed E-state index contributed by atoms with van der Waals surface area (Å²) in [6.07, 6.45) is 7.94. The summed E-state index contributed by atoms with van der Waals surface area (Å²) in [6, 6.07) is 5.91. The lowest BCUT2D eigenvalue weighted by Gasteiger charge is -2.28. The molecule has 4 aromatic rings. The highest BCUT2D eigenvalue weighted by atomic mass is 16.5. The summed E-state index contributed by atoms with van der Waals surface area (Å²) in [7, 11) is 0. The zero-order valence-electron chi connectivity index (χ0n) is 18.3. The molecule has 33 heavy (non-hydrogen) atoms. The first-order valence-corrected chi connectivity index (χ1v) is 10.6. The number of fused-ring (bicyclic) bond motifs is 1. The average Bonchev–Trinajstić information content (AvgIpc) is 3.41. The Labute approximate surface area is 189 Å². The standard InChI is InChI=1S/C22H23N9O2/c1-22(2,32)4-3-16-11-30(29-28-16)19-10-24-20(6-18(19)27-17-12-33-13-17)31-21-15(9-26-31)5-14(7-23)8-25-21/h5-6,8-11,17,32H,3-4,12-13H2,1-2H3,(H,24,27). The molecule has 0 unspecified atom stereocenters. The van der Waals surface area contributed by atoms with Crippen LogP contribution in [0.5, 0.6) is 0 Å². The van der Waals surface area contributed by atoms with Gasteiger partial charge in [-0.2, -0.15) is 15.0 Å². The largest absolute Gasteiger partial charge is 0.390 e. The summed E-state index contributed by atoms with van der Waals surface area (Å²) in [5.41, 5.74) is 2.66. The highest BCUT2D eigenvalue weighted by Gasteiger charge is 2.22. The number of ether oxygens (including phenoxy) is 1. The lowest BCUT2D eigenvalue weighted by Crippen LogP contribution is -2.40. The molecule has 168 valence electrons. The second-order valence-electron chi connectivity index (χ2n) is 8.71. The highest BCUT2D eigenvalue weighted by molar-refractivity contribution is 5.77. The Bertz CT molecular complexity index is 1340. The molecular formula is C22H23N9O2. The van der Waals surface area contributed by atoms with Crippen LogP contribution in [0, 0.1) is 11.3 Å². The van der Waals surface area contributed by atoms with Gasteiger partial charge in [0.1, 0.15) is 11.8 Å². The van der Waals surface area contributed by atoms with E-state index in [1.54, 1.807) is 41.7 Å². The number of aryl methyl sites for hydroxylation is 1. The molecule has 1 aliphatic rings. The van der Waals surface area contributed by atoms with E-state index >= 15 is 0 Å². The second kappa shape index (κ2) is 8.23. The van der Waals surface area contributed by atoms with Gasteiger partial charge in [-0.1, -0.05) is 5.21 Å². The second-order valence-corrected chi connectivity index (χ2v) is 8.71. The molecule has 0 aromatic carbocycles. The van der Waals surface area contributed by atoms with Crippen molar-refractivity contribution in [3.8, 4) is 17.6 Å². The first-order valence-electron chi connectivity index (χ1n) is 10.6. The number of hydrogen-bond donors (Lipinski definition) is 2. The molecule has 0 aliphatic carbocycles. The summed E-state index contributed by atoms with van der Waals surface area (Å²) >= 11 is 0. The molecular weight excluding hydrogens is 422 g/mol. The predicted molar refractivity (Wildman–Crippen MR) is 119 cm³/mol. The fourth-order valence-corrected chi connectivity index (χ4v) is 3.50. The van der Waals surface area contributed by atoms with Gasteiger partial charge in [0.15, 0.2) is 11.5 Å². The monoisotopic (exact) mass is 445 g/mol. The van der Waals surface area contributed by atoms with Crippen LogP contribution in [-0.4, -0.2) is 64.7 Å². The van der Waals surface area contributed by atoms with Crippen LogP contribution in [0.1, 0.15) is 31.5 Å². The molecule has 5 rings (SSSR count). The molecule has 1 saturated heterocycles. The Morgan fingerprint density at radius 1 is 1.24 bits per heavy atom. The van der Waals surface area contributed by atoms with Crippen molar-refractivity contribution in [3.63, 3.8) is 0 Å². The molecule has 5 heterocycles. The number of rotatable bonds is 7. The Kier molecular flexibility index (Phi) is 5.24. The molecule has 1 aliphatic heterocycles. The smallest absolute Gasteiger partial charge is 0.164 e. The van der Waals surface area contributed by atoms with E-state index in [1.807, 2.05) is 12.3 Å². The number of pyridine rings is 2. The van der Waals surface area contributed by atoms with Gasteiger partial charge in [-0.25, -0.2) is 14.6 Å². The van der Waals surface area contributed by atoms with Gasteiger partial charge in [0.25, 0.3) is 0 Å². The predicted octanol–water partition coefficient (Wildman–Crippen LogP) is 1.78. The normalized spacial score (nSPS) is 14.2. The molecule has 0 bridgehead atoms. The summed E-state index contributed by atoms with van der Waals surface area (Å²) in [5.74, 6) is 0.580. The highest BCUT2D eigenvalue weighted by Crippen LogP contribution is 2.26. The van der Waals surface area contributed by atoms with Gasteiger partial charge < -0.3 is 15.2 Å². The van der Waals surface area contributed by atoms with E-state index in [-0.39, 0.29) is 6.04 Å². The van der Waals surface area contributed by atoms with Crippen molar-refractivity contribution in [2.45, 2.75) is 38.3 Å². The fraction of sp³-hybridized carbons (Fsp3) is 0.364. The minimum atomic E-state index is -0.765. The van der Waals surface area contributed by atoms with Gasteiger partial charge in [-0.05, 0) is 32.8 Å². The van der Waals surface area contributed by atoms with E-state index in [0.29, 0.717) is 43.1 Å². The van der Waals surface area contributed by atoms with Gasteiger partial charge in [-0.15, -0.1) is 5.10 Å². The van der Waals surface area contributed by atoms with Gasteiger partial charge in [0.2, 0.25) is 0 Å². The summed E-state index contributed by atoms with van der Waals surface area (Å²) in [6.45, 7) is 4.79. The van der Waals surface area contributed by atoms with Gasteiger partial charge >= 0.3 is 0 Å². The van der Waals surface area contributed by atoms with Crippen LogP contribution < -0.4 is 5.32 Å². The zero-order chi connectivity index (χ0) is 23.0. The molecule has 0 spiro atoms. The first-order chi connectivity index (χ1) is 15.9. The van der Waals surface area contributed by atoms with Gasteiger partial charge in [0, 0.05) is 17.6 Å². The number of hydrogen-bond acceptors (Lipinski definition) is 9. The minimum Gasteiger partial charge on any atom is -0.390 e. The molecule has 1 fully saturated rings. The van der Waals surface area contributed by atoms with Crippen LogP contribution in [0.25, 0.3) is 22.5 Å². The molecule has 0 amide bonds. The zero-order valence-corrected chi connectivity index (χ0v) is 18.3. The molecule has 0 atom stereocenters. The molecule has 0 saturated carbocycles. The third-order valence-electron chi connectivity index (χ3n) is 5.40. The number of nitriles is 1. The van der Waals surface area contributed by atoms with E-state index in [9.17, 15) is 5.11 Å². The van der Waals surface area contributed by atoms with E-state index in [1.165, 1.54) is 6.20 Å². The number of nitrogens with one attached hydrogen (secondary N) is 1. The number of aliphatic hydroxyl groups is 1. The van der Waals surface area contributed by atoms with Crippen molar-refractivity contribution < 1.29 is 9.84 Å². The summed E-state index contributed by atoms with van der Waals surface area (Å²) in [5, 5.41) is 36.3. The Morgan fingerprint density at radius 2 is 2.09 bits per heavy atom. The Morgan fingerprint density at radius 3 is 2.82 bits per heavy atom. The SMILES string of the molecule is CC(C)(O)CCc1cn(-c2cnc(-n3ncc4cc(C#N)cnc43)cc2NC2COC2)nn1. The molecule has 11 heteroatoms. The van der Waals surface area contributed by atoms with Crippen LogP contribution in [0.15, 0.2) is 36.9 Å². The molecule has 11 nitrogen and oxygen atoms in total. The van der Waals surface area contributed by atoms with Gasteiger partial charge in [0.05, 0.1) is 60.4 Å². The Hall–Kier alpha value is -3.88. The maximum atomic E-state index is 9.99. The fourth-order valence-electron chi connectivity index (χ4n) is 3.50. The van der Waals surface area contributed by atoms with Crippen molar-refractivity contribution in [2.75, 3.05) is 18.5 Å². The van der Waals surface area contributed by atoms with E-state index in [0.717, 1.165) is 22.5 Å². The van der Waals surface area contributed by atoms with Crippen molar-refractivity contribution in [1.29, 1.82) is 5.26 Å². The maximum absolute atomic E-state index is 9.99. The molecule has 0 radical (unpaired) electrons. The van der Waals surface area contributed by atoms with Crippen molar-refractivity contribution in [2.24, 2.45) is 0 Å². The number of nitrogens with zero attached hydrogens (tertiary/aromatic N) is 8. The van der Waals surface area contributed by atoms with Crippen molar-refractivity contribution >= 4 is 16.7 Å². The third kappa shape index (κ3) is 4.39. The molecule has 4 aromatic heterocycles. The van der Waals surface area contributed by atoms with Crippen LogP contribution in [0.4, 0.5) is 5.69 Å². The lowest BCUT2D eigenvalue weighted by molar-refractivity contribution is 0.0211. The Balaban J connectivity index is 1.50. The number of anilines is 1. The quantitative estimate of drug-likeness (QED) is 0.435. The van der Waals surface area contributed by atoms with E-state index < -0.39 is 5.60 Å². The first kappa shape index (κ1) is 21.0. The van der Waals surface area contributed by atoms with Crippen molar-refractivity contribution in [1.82, 2.24) is 34.7 Å². The van der Waals surface area contributed by atoms with Crippen LogP contribution in [0.3, 0.4) is 0 Å². The van der Waals surface area contributed by atoms with Crippen LogP contribution >= 0.6 is 0 Å². The minimum absolute atomic E-state index is 0.183. The number of aromatic nitrogens is 7.